The summed E-state index contributed by atoms with van der Waals surface area (Å²) in [6.07, 6.45) is 0.128. The van der Waals surface area contributed by atoms with Crippen LogP contribution >= 0.6 is 0 Å². The number of likely N-dealkylation sites (tertiary alicyclic amines) is 1. The van der Waals surface area contributed by atoms with Gasteiger partial charge in [-0.1, -0.05) is 17.3 Å². The van der Waals surface area contributed by atoms with Gasteiger partial charge in [-0.15, -0.1) is 0 Å². The third-order valence-corrected chi connectivity index (χ3v) is 4.10. The van der Waals surface area contributed by atoms with Crippen molar-refractivity contribution >= 4 is 11.8 Å². The number of aryl methyl sites for hydroxylation is 1. The van der Waals surface area contributed by atoms with Gasteiger partial charge in [-0.05, 0) is 31.0 Å². The first-order valence-electron chi connectivity index (χ1n) is 7.84. The summed E-state index contributed by atoms with van der Waals surface area (Å²) in [6, 6.07) is 9.34. The first-order valence-corrected chi connectivity index (χ1v) is 7.84. The second kappa shape index (κ2) is 7.02. The lowest BCUT2D eigenvalue weighted by atomic mass is 10.0. The number of β-amino-alcohol motifs (C(OH)–C–C–N with tert-alkyl or cyclic N) is 1. The number of methoxy groups -OCH3 is 1. The van der Waals surface area contributed by atoms with Gasteiger partial charge >= 0.3 is 0 Å². The summed E-state index contributed by atoms with van der Waals surface area (Å²) < 4.78 is 10.3. The van der Waals surface area contributed by atoms with E-state index in [1.54, 1.807) is 20.1 Å². The van der Waals surface area contributed by atoms with Crippen LogP contribution in [0, 0.1) is 6.92 Å². The molecule has 0 spiro atoms. The molecule has 0 radical (unpaired) electrons. The van der Waals surface area contributed by atoms with Crippen molar-refractivity contribution in [3.63, 3.8) is 0 Å². The molecular weight excluding hydrogens is 310 g/mol. The zero-order valence-electron chi connectivity index (χ0n) is 13.7. The van der Waals surface area contributed by atoms with Crippen LogP contribution in [0.25, 0.3) is 0 Å². The van der Waals surface area contributed by atoms with Crippen molar-refractivity contribution in [2.75, 3.05) is 25.5 Å². The fraction of sp³-hybridized carbons (Fsp3) is 0.412. The van der Waals surface area contributed by atoms with Gasteiger partial charge in [0.05, 0.1) is 25.5 Å². The topological polar surface area (TPSA) is 87.8 Å². The van der Waals surface area contributed by atoms with E-state index in [2.05, 4.69) is 10.5 Å². The van der Waals surface area contributed by atoms with Gasteiger partial charge in [-0.3, -0.25) is 15.0 Å². The number of carbonyl (C=O) groups is 1. The minimum absolute atomic E-state index is 0.0303. The number of carbonyl (C=O) groups excluding carboxylic acids is 1. The number of rotatable bonds is 5. The maximum atomic E-state index is 12.2. The maximum Gasteiger partial charge on any atom is 0.240 e. The van der Waals surface area contributed by atoms with Gasteiger partial charge in [-0.25, -0.2) is 0 Å². The molecule has 3 rings (SSSR count). The zero-order valence-corrected chi connectivity index (χ0v) is 13.7. The summed E-state index contributed by atoms with van der Waals surface area (Å²) in [6.45, 7) is 2.40. The fourth-order valence-electron chi connectivity index (χ4n) is 3.03. The second-order valence-electron chi connectivity index (χ2n) is 5.99. The molecule has 0 bridgehead atoms. The third kappa shape index (κ3) is 3.74. The number of aromatic nitrogens is 1. The molecule has 24 heavy (non-hydrogen) atoms. The molecule has 2 N–H and O–H groups in total. The number of aliphatic hydroxyl groups is 1. The van der Waals surface area contributed by atoms with Crippen molar-refractivity contribution in [2.45, 2.75) is 25.5 Å². The van der Waals surface area contributed by atoms with Gasteiger partial charge in [0, 0.05) is 18.7 Å². The Morgan fingerprint density at radius 1 is 1.50 bits per heavy atom. The molecule has 0 unspecified atom stereocenters. The minimum atomic E-state index is -0.457. The van der Waals surface area contributed by atoms with E-state index in [1.807, 2.05) is 29.2 Å². The zero-order chi connectivity index (χ0) is 17.1. The second-order valence-corrected chi connectivity index (χ2v) is 5.99. The first kappa shape index (κ1) is 16.5. The highest BCUT2D eigenvalue weighted by molar-refractivity contribution is 5.91. The van der Waals surface area contributed by atoms with Crippen LogP contribution in [0.15, 0.2) is 34.9 Å². The summed E-state index contributed by atoms with van der Waals surface area (Å²) >= 11 is 0. The largest absolute Gasteiger partial charge is 0.497 e. The van der Waals surface area contributed by atoms with Crippen molar-refractivity contribution in [2.24, 2.45) is 0 Å². The Morgan fingerprint density at radius 2 is 2.33 bits per heavy atom. The van der Waals surface area contributed by atoms with E-state index >= 15 is 0 Å². The lowest BCUT2D eigenvalue weighted by molar-refractivity contribution is -0.117. The number of hydrogen-bond donors (Lipinski definition) is 2. The summed E-state index contributed by atoms with van der Waals surface area (Å²) in [5.41, 5.74) is 1.73. The van der Waals surface area contributed by atoms with Crippen LogP contribution in [-0.2, 0) is 4.79 Å². The number of ether oxygens (including phenoxy) is 1. The number of nitrogens with one attached hydrogen (secondary N) is 1. The molecule has 2 heterocycles. The molecule has 0 saturated carbocycles. The number of amides is 1. The normalized spacial score (nSPS) is 21.0. The molecule has 0 aliphatic carbocycles. The monoisotopic (exact) mass is 331 g/mol. The number of nitrogens with zero attached hydrogens (tertiary/aromatic N) is 2. The van der Waals surface area contributed by atoms with E-state index in [-0.39, 0.29) is 18.5 Å². The molecule has 1 fully saturated rings. The summed E-state index contributed by atoms with van der Waals surface area (Å²) in [4.78, 5) is 14.2. The minimum Gasteiger partial charge on any atom is -0.497 e. The average molecular weight is 331 g/mol. The van der Waals surface area contributed by atoms with Crippen molar-refractivity contribution in [1.29, 1.82) is 0 Å². The summed E-state index contributed by atoms with van der Waals surface area (Å²) in [5, 5.41) is 16.5. The van der Waals surface area contributed by atoms with Crippen LogP contribution in [0.1, 0.15) is 23.7 Å². The molecule has 1 aliphatic heterocycles. The van der Waals surface area contributed by atoms with Crippen LogP contribution in [0.3, 0.4) is 0 Å². The van der Waals surface area contributed by atoms with Crippen LogP contribution in [0.4, 0.5) is 5.88 Å². The number of benzene rings is 1. The van der Waals surface area contributed by atoms with E-state index in [4.69, 9.17) is 9.26 Å². The molecule has 1 aliphatic rings. The van der Waals surface area contributed by atoms with Crippen LogP contribution < -0.4 is 10.1 Å². The van der Waals surface area contributed by atoms with Crippen molar-refractivity contribution in [3.05, 3.63) is 41.6 Å². The molecule has 1 aromatic heterocycles. The molecule has 128 valence electrons. The predicted octanol–water partition coefficient (Wildman–Crippen LogP) is 1.74. The number of anilines is 1. The highest BCUT2D eigenvalue weighted by Gasteiger charge is 2.33. The third-order valence-electron chi connectivity index (χ3n) is 4.10. The van der Waals surface area contributed by atoms with Crippen LogP contribution in [0.2, 0.25) is 0 Å². The Morgan fingerprint density at radius 3 is 3.04 bits per heavy atom. The van der Waals surface area contributed by atoms with E-state index < -0.39 is 6.10 Å². The molecule has 2 aromatic rings. The molecular formula is C17H21N3O4. The quantitative estimate of drug-likeness (QED) is 0.868. The van der Waals surface area contributed by atoms with E-state index in [0.29, 0.717) is 24.5 Å². The van der Waals surface area contributed by atoms with Crippen LogP contribution in [-0.4, -0.2) is 47.4 Å². The number of hydrogen-bond acceptors (Lipinski definition) is 6. The molecule has 7 heteroatoms. The summed E-state index contributed by atoms with van der Waals surface area (Å²) in [7, 11) is 1.62. The maximum absolute atomic E-state index is 12.2. The molecule has 1 aromatic carbocycles. The van der Waals surface area contributed by atoms with Crippen molar-refractivity contribution in [1.82, 2.24) is 10.1 Å². The van der Waals surface area contributed by atoms with Gasteiger partial charge < -0.3 is 14.4 Å². The lowest BCUT2D eigenvalue weighted by Crippen LogP contribution is -2.33. The Balaban J connectivity index is 1.69. The van der Waals surface area contributed by atoms with E-state index in [1.165, 1.54) is 0 Å². The van der Waals surface area contributed by atoms with E-state index in [0.717, 1.165) is 11.3 Å². The average Bonchev–Trinajstić information content (AvgIpc) is 3.12. The van der Waals surface area contributed by atoms with Gasteiger partial charge in [0.25, 0.3) is 0 Å². The molecule has 2 atom stereocenters. The molecule has 7 nitrogen and oxygen atoms in total. The van der Waals surface area contributed by atoms with Gasteiger partial charge in [0.1, 0.15) is 5.75 Å². The first-order chi connectivity index (χ1) is 11.5. The lowest BCUT2D eigenvalue weighted by Gasteiger charge is -2.23. The Hall–Kier alpha value is -2.38. The van der Waals surface area contributed by atoms with Crippen molar-refractivity contribution < 1.29 is 19.2 Å². The predicted molar refractivity (Wildman–Crippen MR) is 87.8 cm³/mol. The fourth-order valence-corrected chi connectivity index (χ4v) is 3.03. The Labute approximate surface area is 140 Å². The standard InChI is InChI=1S/C17H21N3O4/c1-11-6-17(24-19-11)18-16(22)10-20-9-13(21)8-15(20)12-4-3-5-14(7-12)23-2/h3-7,13,15,21H,8-10H2,1-2H3,(H,18,22)/t13-,15+/m1/s1. The highest BCUT2D eigenvalue weighted by atomic mass is 16.5. The van der Waals surface area contributed by atoms with Gasteiger partial charge in [0.15, 0.2) is 0 Å². The van der Waals surface area contributed by atoms with Gasteiger partial charge in [-0.2, -0.15) is 0 Å². The number of aliphatic hydroxyl groups excluding tert-OH is 1. The van der Waals surface area contributed by atoms with E-state index in [9.17, 15) is 9.90 Å². The van der Waals surface area contributed by atoms with Gasteiger partial charge in [0.2, 0.25) is 11.8 Å². The van der Waals surface area contributed by atoms with Crippen LogP contribution in [0.5, 0.6) is 5.75 Å². The highest BCUT2D eigenvalue weighted by Crippen LogP contribution is 2.33. The Bertz CT molecular complexity index is 715. The SMILES string of the molecule is COc1cccc([C@@H]2C[C@@H](O)CN2CC(=O)Nc2cc(C)no2)c1. The van der Waals surface area contributed by atoms with Crippen molar-refractivity contribution in [3.8, 4) is 5.75 Å². The smallest absolute Gasteiger partial charge is 0.240 e. The summed E-state index contributed by atoms with van der Waals surface area (Å²) in [5.74, 6) is 0.888. The molecule has 1 saturated heterocycles. The molecule has 1 amide bonds. The Kier molecular flexibility index (Phi) is 4.82.